The molecule has 0 aliphatic rings. The van der Waals surface area contributed by atoms with Gasteiger partial charge in [0.1, 0.15) is 11.4 Å². The van der Waals surface area contributed by atoms with Crippen molar-refractivity contribution in [2.45, 2.75) is 0 Å². The van der Waals surface area contributed by atoms with Crippen molar-refractivity contribution in [3.8, 4) is 11.4 Å². The number of halogens is 2. The zero-order chi connectivity index (χ0) is 14.0. The molecule has 2 aromatic rings. The third-order valence-electron chi connectivity index (χ3n) is 2.43. The number of nitrogens with zero attached hydrogens (tertiary/aromatic N) is 2. The molecule has 2 rings (SSSR count). The van der Waals surface area contributed by atoms with Crippen LogP contribution in [0.3, 0.4) is 0 Å². The van der Waals surface area contributed by atoms with Gasteiger partial charge in [-0.2, -0.15) is 0 Å². The van der Waals surface area contributed by atoms with E-state index in [2.05, 4.69) is 15.3 Å². The summed E-state index contributed by atoms with van der Waals surface area (Å²) >= 11 is 11.9. The molecule has 7 heteroatoms. The Bertz CT molecular complexity index is 647. The van der Waals surface area contributed by atoms with E-state index in [4.69, 9.17) is 28.3 Å². The van der Waals surface area contributed by atoms with Crippen molar-refractivity contribution in [3.63, 3.8) is 0 Å². The zero-order valence-corrected chi connectivity index (χ0v) is 11.3. The molecule has 0 saturated carbocycles. The Kier molecular flexibility index (Phi) is 3.87. The quantitative estimate of drug-likeness (QED) is 0.910. The number of rotatable bonds is 3. The first kappa shape index (κ1) is 13.6. The number of aromatic nitrogens is 2. The number of carboxylic acid groups (broad SMARTS) is 1. The highest BCUT2D eigenvalue weighted by molar-refractivity contribution is 6.36. The first-order chi connectivity index (χ1) is 9.02. The zero-order valence-electron chi connectivity index (χ0n) is 9.82. The normalized spacial score (nSPS) is 10.3. The second-order valence-electron chi connectivity index (χ2n) is 3.64. The number of carbonyl (C=O) groups is 1. The highest BCUT2D eigenvalue weighted by Crippen LogP contribution is 2.29. The summed E-state index contributed by atoms with van der Waals surface area (Å²) in [4.78, 5) is 19.1. The molecule has 0 saturated heterocycles. The smallest absolute Gasteiger partial charge is 0.341 e. The van der Waals surface area contributed by atoms with Gasteiger partial charge in [0.25, 0.3) is 0 Å². The summed E-state index contributed by atoms with van der Waals surface area (Å²) in [5, 5.41) is 12.6. The van der Waals surface area contributed by atoms with Crippen LogP contribution in [-0.2, 0) is 0 Å². The van der Waals surface area contributed by atoms with E-state index in [1.165, 1.54) is 6.20 Å². The lowest BCUT2D eigenvalue weighted by Gasteiger charge is -2.08. The van der Waals surface area contributed by atoms with Crippen LogP contribution in [0.5, 0.6) is 0 Å². The molecule has 0 aliphatic heterocycles. The van der Waals surface area contributed by atoms with Gasteiger partial charge >= 0.3 is 5.97 Å². The van der Waals surface area contributed by atoms with Crippen molar-refractivity contribution in [3.05, 3.63) is 40.0 Å². The summed E-state index contributed by atoms with van der Waals surface area (Å²) in [6, 6.07) is 4.92. The van der Waals surface area contributed by atoms with E-state index in [1.807, 2.05) is 0 Å². The Labute approximate surface area is 119 Å². The van der Waals surface area contributed by atoms with Gasteiger partial charge in [0.2, 0.25) is 0 Å². The lowest BCUT2D eigenvalue weighted by atomic mass is 10.2. The van der Waals surface area contributed by atoms with E-state index < -0.39 is 5.97 Å². The Morgan fingerprint density at radius 3 is 2.68 bits per heavy atom. The van der Waals surface area contributed by atoms with Crippen LogP contribution in [0.25, 0.3) is 11.4 Å². The van der Waals surface area contributed by atoms with Crippen LogP contribution in [0.15, 0.2) is 24.4 Å². The molecule has 1 aromatic heterocycles. The summed E-state index contributed by atoms with van der Waals surface area (Å²) in [6.45, 7) is 0. The second-order valence-corrected chi connectivity index (χ2v) is 4.48. The fraction of sp³-hybridized carbons (Fsp3) is 0.0833. The maximum absolute atomic E-state index is 11.0. The van der Waals surface area contributed by atoms with E-state index in [0.29, 0.717) is 21.4 Å². The van der Waals surface area contributed by atoms with Crippen LogP contribution in [0.4, 0.5) is 5.82 Å². The number of hydrogen-bond acceptors (Lipinski definition) is 4. The SMILES string of the molecule is CNc1nc(-c2ccc(Cl)cc2Cl)ncc1C(=O)O. The molecule has 0 bridgehead atoms. The van der Waals surface area contributed by atoms with Crippen LogP contribution in [0.1, 0.15) is 10.4 Å². The van der Waals surface area contributed by atoms with Crippen LogP contribution < -0.4 is 5.32 Å². The van der Waals surface area contributed by atoms with E-state index in [9.17, 15) is 4.79 Å². The first-order valence-corrected chi connectivity index (χ1v) is 6.02. The molecule has 5 nitrogen and oxygen atoms in total. The highest BCUT2D eigenvalue weighted by Gasteiger charge is 2.14. The van der Waals surface area contributed by atoms with Gasteiger partial charge in [-0.1, -0.05) is 23.2 Å². The molecule has 19 heavy (non-hydrogen) atoms. The van der Waals surface area contributed by atoms with Crippen LogP contribution in [0.2, 0.25) is 10.0 Å². The molecule has 0 aliphatic carbocycles. The van der Waals surface area contributed by atoms with Gasteiger partial charge in [0, 0.05) is 23.8 Å². The monoisotopic (exact) mass is 297 g/mol. The second kappa shape index (κ2) is 5.42. The fourth-order valence-corrected chi connectivity index (χ4v) is 2.02. The van der Waals surface area contributed by atoms with E-state index in [-0.39, 0.29) is 11.4 Å². The number of carboxylic acids is 1. The van der Waals surface area contributed by atoms with Gasteiger partial charge in [0.05, 0.1) is 5.02 Å². The Balaban J connectivity index is 2.54. The summed E-state index contributed by atoms with van der Waals surface area (Å²) in [6.07, 6.45) is 1.24. The molecule has 0 atom stereocenters. The number of aromatic carboxylic acids is 1. The minimum absolute atomic E-state index is 0.00339. The van der Waals surface area contributed by atoms with E-state index in [1.54, 1.807) is 25.2 Å². The molecule has 2 N–H and O–H groups in total. The van der Waals surface area contributed by atoms with Crippen molar-refractivity contribution in [1.29, 1.82) is 0 Å². The maximum atomic E-state index is 11.0. The topological polar surface area (TPSA) is 75.1 Å². The number of benzene rings is 1. The van der Waals surface area contributed by atoms with Crippen LogP contribution in [0, 0.1) is 0 Å². The van der Waals surface area contributed by atoms with Gasteiger partial charge in [0.15, 0.2) is 5.82 Å². The summed E-state index contributed by atoms with van der Waals surface area (Å²) in [5.74, 6) is -0.544. The minimum atomic E-state index is -1.10. The molecule has 98 valence electrons. The number of hydrogen-bond donors (Lipinski definition) is 2. The molecule has 0 radical (unpaired) electrons. The third kappa shape index (κ3) is 2.77. The molecular weight excluding hydrogens is 289 g/mol. The molecule has 0 spiro atoms. The molecular formula is C12H9Cl2N3O2. The van der Waals surface area contributed by atoms with E-state index in [0.717, 1.165) is 0 Å². The Morgan fingerprint density at radius 1 is 1.37 bits per heavy atom. The maximum Gasteiger partial charge on any atom is 0.341 e. The van der Waals surface area contributed by atoms with Gasteiger partial charge in [-0.15, -0.1) is 0 Å². The Morgan fingerprint density at radius 2 is 2.11 bits per heavy atom. The van der Waals surface area contributed by atoms with Gasteiger partial charge in [-0.3, -0.25) is 0 Å². The third-order valence-corrected chi connectivity index (χ3v) is 2.98. The predicted molar refractivity (Wildman–Crippen MR) is 74.0 cm³/mol. The van der Waals surface area contributed by atoms with Crippen molar-refractivity contribution in [2.75, 3.05) is 12.4 Å². The number of nitrogens with one attached hydrogen (secondary N) is 1. The lowest BCUT2D eigenvalue weighted by molar-refractivity contribution is 0.0697. The average molecular weight is 298 g/mol. The predicted octanol–water partition coefficient (Wildman–Crippen LogP) is 3.19. The molecule has 0 amide bonds. The Hall–Kier alpha value is -1.85. The van der Waals surface area contributed by atoms with Gasteiger partial charge < -0.3 is 10.4 Å². The average Bonchev–Trinajstić information content (AvgIpc) is 2.37. The molecule has 1 aromatic carbocycles. The van der Waals surface area contributed by atoms with Crippen molar-refractivity contribution in [1.82, 2.24) is 9.97 Å². The van der Waals surface area contributed by atoms with E-state index >= 15 is 0 Å². The summed E-state index contributed by atoms with van der Waals surface area (Å²) in [7, 11) is 1.59. The van der Waals surface area contributed by atoms with Crippen molar-refractivity contribution < 1.29 is 9.90 Å². The lowest BCUT2D eigenvalue weighted by Crippen LogP contribution is -2.07. The standard InChI is InChI=1S/C12H9Cl2N3O2/c1-15-10-8(12(18)19)5-16-11(17-10)7-3-2-6(13)4-9(7)14/h2-5H,1H3,(H,18,19)(H,15,16,17). The van der Waals surface area contributed by atoms with Crippen LogP contribution in [-0.4, -0.2) is 28.1 Å². The molecule has 0 fully saturated rings. The summed E-state index contributed by atoms with van der Waals surface area (Å²) in [5.41, 5.74) is 0.579. The van der Waals surface area contributed by atoms with Gasteiger partial charge in [-0.25, -0.2) is 14.8 Å². The first-order valence-electron chi connectivity index (χ1n) is 5.26. The molecule has 0 unspecified atom stereocenters. The fourth-order valence-electron chi connectivity index (χ4n) is 1.53. The highest BCUT2D eigenvalue weighted by atomic mass is 35.5. The molecule has 1 heterocycles. The number of anilines is 1. The van der Waals surface area contributed by atoms with Gasteiger partial charge in [-0.05, 0) is 18.2 Å². The van der Waals surface area contributed by atoms with Crippen LogP contribution >= 0.6 is 23.2 Å². The minimum Gasteiger partial charge on any atom is -0.477 e. The van der Waals surface area contributed by atoms with Crippen molar-refractivity contribution in [2.24, 2.45) is 0 Å². The summed E-state index contributed by atoms with van der Waals surface area (Å²) < 4.78 is 0. The largest absolute Gasteiger partial charge is 0.477 e. The van der Waals surface area contributed by atoms with Crippen molar-refractivity contribution >= 4 is 35.0 Å².